The molecule has 1 amide bonds. The van der Waals surface area contributed by atoms with Gasteiger partial charge < -0.3 is 5.73 Å². The molecule has 5 nitrogen and oxygen atoms in total. The summed E-state index contributed by atoms with van der Waals surface area (Å²) in [6.45, 7) is 1.14. The van der Waals surface area contributed by atoms with E-state index in [9.17, 15) is 13.2 Å². The number of carbonyl (C=O) groups is 1. The maximum atomic E-state index is 12.3. The number of rotatable bonds is 4. The molecule has 0 spiro atoms. The van der Waals surface area contributed by atoms with E-state index in [-0.39, 0.29) is 11.3 Å². The lowest BCUT2D eigenvalue weighted by molar-refractivity contribution is -0.117. The van der Waals surface area contributed by atoms with E-state index in [1.807, 2.05) is 0 Å². The van der Waals surface area contributed by atoms with Crippen molar-refractivity contribution in [2.45, 2.75) is 24.2 Å². The summed E-state index contributed by atoms with van der Waals surface area (Å²) in [6.07, 6.45) is 1.86. The summed E-state index contributed by atoms with van der Waals surface area (Å²) in [4.78, 5) is 11.1. The Balaban J connectivity index is 2.29. The molecule has 18 heavy (non-hydrogen) atoms. The minimum Gasteiger partial charge on any atom is -0.369 e. The molecule has 2 rings (SSSR count). The van der Waals surface area contributed by atoms with Gasteiger partial charge in [-0.3, -0.25) is 4.79 Å². The van der Waals surface area contributed by atoms with Gasteiger partial charge in [0.2, 0.25) is 15.9 Å². The maximum Gasteiger partial charge on any atom is 0.243 e. The molecule has 0 atom stereocenters. The first-order valence-corrected chi connectivity index (χ1v) is 7.31. The highest BCUT2D eigenvalue weighted by atomic mass is 32.2. The van der Waals surface area contributed by atoms with E-state index in [2.05, 4.69) is 0 Å². The average Bonchev–Trinajstić information content (AvgIpc) is 2.82. The Morgan fingerprint density at radius 1 is 1.28 bits per heavy atom. The quantitative estimate of drug-likeness (QED) is 0.863. The second kappa shape index (κ2) is 5.07. The molecule has 2 N–H and O–H groups in total. The second-order valence-electron chi connectivity index (χ2n) is 4.40. The van der Waals surface area contributed by atoms with Crippen molar-refractivity contribution in [3.63, 3.8) is 0 Å². The monoisotopic (exact) mass is 268 g/mol. The van der Waals surface area contributed by atoms with Gasteiger partial charge in [0.1, 0.15) is 0 Å². The van der Waals surface area contributed by atoms with Crippen LogP contribution in [-0.2, 0) is 21.2 Å². The van der Waals surface area contributed by atoms with E-state index in [0.29, 0.717) is 18.7 Å². The molecule has 1 aromatic rings. The summed E-state index contributed by atoms with van der Waals surface area (Å²) in [5.74, 6) is -0.467. The van der Waals surface area contributed by atoms with Crippen molar-refractivity contribution in [3.8, 4) is 0 Å². The molecule has 1 aliphatic heterocycles. The lowest BCUT2D eigenvalue weighted by Crippen LogP contribution is -2.28. The summed E-state index contributed by atoms with van der Waals surface area (Å²) in [6, 6.07) is 6.42. The number of amides is 1. The van der Waals surface area contributed by atoms with Crippen LogP contribution >= 0.6 is 0 Å². The molecular weight excluding hydrogens is 252 g/mol. The molecule has 1 saturated heterocycles. The zero-order valence-electron chi connectivity index (χ0n) is 10.0. The third kappa shape index (κ3) is 2.70. The molecule has 1 aliphatic rings. The Bertz CT molecular complexity index is 548. The smallest absolute Gasteiger partial charge is 0.243 e. The van der Waals surface area contributed by atoms with E-state index in [4.69, 9.17) is 5.73 Å². The van der Waals surface area contributed by atoms with Crippen LogP contribution < -0.4 is 5.73 Å². The van der Waals surface area contributed by atoms with E-state index >= 15 is 0 Å². The minimum absolute atomic E-state index is 0.0589. The third-order valence-electron chi connectivity index (χ3n) is 2.98. The molecule has 0 unspecified atom stereocenters. The summed E-state index contributed by atoms with van der Waals surface area (Å²) in [5, 5.41) is 0. The van der Waals surface area contributed by atoms with Gasteiger partial charge in [0, 0.05) is 13.1 Å². The maximum absolute atomic E-state index is 12.3. The molecule has 1 fully saturated rings. The molecule has 1 heterocycles. The summed E-state index contributed by atoms with van der Waals surface area (Å²) in [7, 11) is -3.42. The molecule has 0 saturated carbocycles. The molecular formula is C12H16N2O3S. The first-order chi connectivity index (χ1) is 8.50. The highest BCUT2D eigenvalue weighted by molar-refractivity contribution is 7.89. The van der Waals surface area contributed by atoms with Crippen molar-refractivity contribution < 1.29 is 13.2 Å². The van der Waals surface area contributed by atoms with Crippen molar-refractivity contribution in [2.75, 3.05) is 13.1 Å². The number of sulfonamides is 1. The molecule has 1 aromatic carbocycles. The molecule has 0 radical (unpaired) electrons. The fraction of sp³-hybridized carbons (Fsp3) is 0.417. The van der Waals surface area contributed by atoms with Gasteiger partial charge in [0.25, 0.3) is 0 Å². The van der Waals surface area contributed by atoms with Gasteiger partial charge in [-0.15, -0.1) is 0 Å². The number of nitrogens with two attached hydrogens (primary N) is 1. The highest BCUT2D eigenvalue weighted by Crippen LogP contribution is 2.21. The van der Waals surface area contributed by atoms with E-state index in [0.717, 1.165) is 12.8 Å². The van der Waals surface area contributed by atoms with Gasteiger partial charge in [-0.2, -0.15) is 4.31 Å². The SMILES string of the molecule is NC(=O)Cc1cccc(S(=O)(=O)N2CCCC2)c1. The summed E-state index contributed by atoms with van der Waals surface area (Å²) < 4.78 is 26.0. The highest BCUT2D eigenvalue weighted by Gasteiger charge is 2.27. The Morgan fingerprint density at radius 2 is 1.94 bits per heavy atom. The largest absolute Gasteiger partial charge is 0.369 e. The van der Waals surface area contributed by atoms with Gasteiger partial charge >= 0.3 is 0 Å². The topological polar surface area (TPSA) is 80.5 Å². The van der Waals surface area contributed by atoms with Crippen molar-refractivity contribution in [2.24, 2.45) is 5.73 Å². The predicted molar refractivity (Wildman–Crippen MR) is 67.3 cm³/mol. The Morgan fingerprint density at radius 3 is 2.56 bits per heavy atom. The van der Waals surface area contributed by atoms with Crippen molar-refractivity contribution in [1.82, 2.24) is 4.31 Å². The van der Waals surface area contributed by atoms with Crippen LogP contribution in [0.2, 0.25) is 0 Å². The van der Waals surface area contributed by atoms with Crippen LogP contribution in [0, 0.1) is 0 Å². The number of carbonyl (C=O) groups excluding carboxylic acids is 1. The van der Waals surface area contributed by atoms with Crippen molar-refractivity contribution in [3.05, 3.63) is 29.8 Å². The molecule has 0 aliphatic carbocycles. The van der Waals surface area contributed by atoms with Crippen LogP contribution in [0.5, 0.6) is 0 Å². The number of nitrogens with zero attached hydrogens (tertiary/aromatic N) is 1. The third-order valence-corrected chi connectivity index (χ3v) is 4.87. The number of primary amides is 1. The zero-order chi connectivity index (χ0) is 13.2. The van der Waals surface area contributed by atoms with Gasteiger partial charge in [-0.05, 0) is 30.5 Å². The van der Waals surface area contributed by atoms with Crippen LogP contribution in [-0.4, -0.2) is 31.7 Å². The first kappa shape index (κ1) is 13.0. The van der Waals surface area contributed by atoms with Gasteiger partial charge in [0.15, 0.2) is 0 Å². The van der Waals surface area contributed by atoms with Gasteiger partial charge in [-0.1, -0.05) is 12.1 Å². The van der Waals surface area contributed by atoms with E-state index in [1.54, 1.807) is 18.2 Å². The second-order valence-corrected chi connectivity index (χ2v) is 6.34. The molecule has 0 bridgehead atoms. The zero-order valence-corrected chi connectivity index (χ0v) is 10.8. The first-order valence-electron chi connectivity index (χ1n) is 5.87. The van der Waals surface area contributed by atoms with Crippen LogP contribution in [0.1, 0.15) is 18.4 Å². The van der Waals surface area contributed by atoms with Crippen molar-refractivity contribution in [1.29, 1.82) is 0 Å². The van der Waals surface area contributed by atoms with Crippen LogP contribution in [0.4, 0.5) is 0 Å². The fourth-order valence-electron chi connectivity index (χ4n) is 2.09. The van der Waals surface area contributed by atoms with E-state index in [1.165, 1.54) is 10.4 Å². The number of hydrogen-bond acceptors (Lipinski definition) is 3. The van der Waals surface area contributed by atoms with Crippen LogP contribution in [0.3, 0.4) is 0 Å². The number of hydrogen-bond donors (Lipinski definition) is 1. The predicted octanol–water partition coefficient (Wildman–Crippen LogP) is 0.499. The van der Waals surface area contributed by atoms with Gasteiger partial charge in [0.05, 0.1) is 11.3 Å². The fourth-order valence-corrected chi connectivity index (χ4v) is 3.68. The lowest BCUT2D eigenvalue weighted by atomic mass is 10.1. The summed E-state index contributed by atoms with van der Waals surface area (Å²) in [5.41, 5.74) is 5.73. The van der Waals surface area contributed by atoms with E-state index < -0.39 is 15.9 Å². The minimum atomic E-state index is -3.42. The summed E-state index contributed by atoms with van der Waals surface area (Å²) >= 11 is 0. The Kier molecular flexibility index (Phi) is 3.68. The Hall–Kier alpha value is -1.40. The van der Waals surface area contributed by atoms with Crippen LogP contribution in [0.15, 0.2) is 29.2 Å². The molecule has 6 heteroatoms. The Labute approximate surface area is 107 Å². The van der Waals surface area contributed by atoms with Crippen LogP contribution in [0.25, 0.3) is 0 Å². The average molecular weight is 268 g/mol. The molecule has 0 aromatic heterocycles. The standard InChI is InChI=1S/C12H16N2O3S/c13-12(15)9-10-4-3-5-11(8-10)18(16,17)14-6-1-2-7-14/h3-5,8H,1-2,6-7,9H2,(H2,13,15). The van der Waals surface area contributed by atoms with Gasteiger partial charge in [-0.25, -0.2) is 8.42 Å². The normalized spacial score (nSPS) is 16.9. The lowest BCUT2D eigenvalue weighted by Gasteiger charge is -2.15. The van der Waals surface area contributed by atoms with Crippen molar-refractivity contribution >= 4 is 15.9 Å². The number of benzene rings is 1. The molecule has 98 valence electrons.